The van der Waals surface area contributed by atoms with Crippen molar-refractivity contribution in [3.05, 3.63) is 70.9 Å². The summed E-state index contributed by atoms with van der Waals surface area (Å²) in [6.45, 7) is 14.4. The van der Waals surface area contributed by atoms with Gasteiger partial charge in [-0.25, -0.2) is 0 Å². The van der Waals surface area contributed by atoms with Gasteiger partial charge in [-0.15, -0.1) is 0 Å². The fourth-order valence-electron chi connectivity index (χ4n) is 7.51. The number of pyridine rings is 1. The third-order valence-corrected chi connectivity index (χ3v) is 9.60. The van der Waals surface area contributed by atoms with Crippen molar-refractivity contribution in [3.63, 3.8) is 0 Å². The molecule has 3 heterocycles. The molecule has 2 saturated heterocycles. The smallest absolute Gasteiger partial charge is 0.115 e. The maximum Gasteiger partial charge on any atom is 0.115 e. The Kier molecular flexibility index (Phi) is 9.34. The molecule has 0 radical (unpaired) electrons. The van der Waals surface area contributed by atoms with Crippen LogP contribution in [0.2, 0.25) is 0 Å². The zero-order valence-electron chi connectivity index (χ0n) is 26.2. The number of hydrogen-bond acceptors (Lipinski definition) is 6. The number of piperidine rings is 1. The lowest BCUT2D eigenvalue weighted by Gasteiger charge is -2.46. The Bertz CT molecular complexity index is 1310. The van der Waals surface area contributed by atoms with Crippen LogP contribution < -0.4 is 5.32 Å². The van der Waals surface area contributed by atoms with Gasteiger partial charge in [-0.05, 0) is 101 Å². The lowest BCUT2D eigenvalue weighted by atomic mass is 9.79. The van der Waals surface area contributed by atoms with E-state index in [-0.39, 0.29) is 5.54 Å². The first-order valence-electron chi connectivity index (χ1n) is 15.8. The molecule has 222 valence electrons. The second kappa shape index (κ2) is 12.8. The van der Waals surface area contributed by atoms with Crippen molar-refractivity contribution in [3.8, 4) is 5.75 Å². The fourth-order valence-corrected chi connectivity index (χ4v) is 7.51. The summed E-state index contributed by atoms with van der Waals surface area (Å²) in [5.74, 6) is 0.351. The molecule has 3 aromatic rings. The Balaban J connectivity index is 1.37. The van der Waals surface area contributed by atoms with Crippen LogP contribution in [0.15, 0.2) is 48.5 Å². The second-order valence-electron chi connectivity index (χ2n) is 12.9. The topological polar surface area (TPSA) is 54.9 Å². The van der Waals surface area contributed by atoms with Crippen LogP contribution in [-0.4, -0.2) is 77.1 Å². The standard InChI is InChI=1S/C35H51N5O/c1-7-10-34(40-22-25(3)36-26(4)23-40)31-20-28-19-27(13-14-33(28)37-32(31)8-2)24-39-17-15-35(16-18-39,38(5)6)29-11-9-12-30(41)21-29/h9,11-14,19-21,25-26,34,36,41H,7-8,10,15-18,22-24H2,1-6H3/t25-,26+,34?. The third-order valence-electron chi connectivity index (χ3n) is 9.60. The van der Waals surface area contributed by atoms with Gasteiger partial charge in [0.25, 0.3) is 0 Å². The summed E-state index contributed by atoms with van der Waals surface area (Å²) in [6.07, 6.45) is 5.39. The van der Waals surface area contributed by atoms with E-state index in [9.17, 15) is 5.11 Å². The molecule has 1 aromatic heterocycles. The number of aromatic nitrogens is 1. The van der Waals surface area contributed by atoms with Crippen LogP contribution in [0.5, 0.6) is 5.75 Å². The van der Waals surface area contributed by atoms with Gasteiger partial charge in [-0.2, -0.15) is 0 Å². The minimum absolute atomic E-state index is 0.0404. The van der Waals surface area contributed by atoms with E-state index in [0.29, 0.717) is 23.9 Å². The lowest BCUT2D eigenvalue weighted by Crippen LogP contribution is -2.55. The molecule has 3 atom stereocenters. The van der Waals surface area contributed by atoms with Crippen LogP contribution >= 0.6 is 0 Å². The molecule has 6 heteroatoms. The molecule has 41 heavy (non-hydrogen) atoms. The molecule has 0 amide bonds. The molecular formula is C35H51N5O. The highest BCUT2D eigenvalue weighted by Crippen LogP contribution is 2.39. The van der Waals surface area contributed by atoms with Gasteiger partial charge in [0.15, 0.2) is 0 Å². The van der Waals surface area contributed by atoms with Crippen LogP contribution in [0.25, 0.3) is 10.9 Å². The zero-order chi connectivity index (χ0) is 29.1. The van der Waals surface area contributed by atoms with Crippen molar-refractivity contribution in [1.29, 1.82) is 0 Å². The highest BCUT2D eigenvalue weighted by molar-refractivity contribution is 5.80. The quantitative estimate of drug-likeness (QED) is 0.333. The van der Waals surface area contributed by atoms with Gasteiger partial charge < -0.3 is 10.4 Å². The summed E-state index contributed by atoms with van der Waals surface area (Å²) in [5.41, 5.74) is 6.33. The van der Waals surface area contributed by atoms with Crippen molar-refractivity contribution in [1.82, 2.24) is 25.0 Å². The number of phenols is 1. The van der Waals surface area contributed by atoms with Gasteiger partial charge in [-0.3, -0.25) is 19.7 Å². The normalized spacial score (nSPS) is 22.8. The summed E-state index contributed by atoms with van der Waals surface area (Å²) >= 11 is 0. The Morgan fingerprint density at radius 2 is 1.76 bits per heavy atom. The van der Waals surface area contributed by atoms with E-state index < -0.39 is 0 Å². The molecule has 2 N–H and O–H groups in total. The first-order valence-corrected chi connectivity index (χ1v) is 15.8. The summed E-state index contributed by atoms with van der Waals surface area (Å²) in [5, 5.41) is 15.1. The largest absolute Gasteiger partial charge is 0.508 e. The SMILES string of the molecule is CCCC(c1cc2cc(CN3CCC(c4cccc(O)c4)(N(C)C)CC3)ccc2nc1CC)N1C[C@@H](C)N[C@@H](C)C1. The van der Waals surface area contributed by atoms with Gasteiger partial charge >= 0.3 is 0 Å². The number of hydrogen-bond donors (Lipinski definition) is 2. The van der Waals surface area contributed by atoms with Crippen molar-refractivity contribution in [2.24, 2.45) is 0 Å². The van der Waals surface area contributed by atoms with Crippen molar-refractivity contribution < 1.29 is 5.11 Å². The number of phenolic OH excluding ortho intramolecular Hbond substituents is 1. The molecule has 0 aliphatic carbocycles. The van der Waals surface area contributed by atoms with Crippen molar-refractivity contribution >= 4 is 10.9 Å². The summed E-state index contributed by atoms with van der Waals surface area (Å²) in [6, 6.07) is 18.7. The second-order valence-corrected chi connectivity index (χ2v) is 12.9. The molecule has 6 nitrogen and oxygen atoms in total. The number of fused-ring (bicyclic) bond motifs is 1. The Hall–Kier alpha value is -2.51. The first kappa shape index (κ1) is 30.0. The van der Waals surface area contributed by atoms with Gasteiger partial charge in [-0.1, -0.05) is 38.5 Å². The number of aryl methyl sites for hydroxylation is 1. The number of nitrogens with one attached hydrogen (secondary N) is 1. The highest BCUT2D eigenvalue weighted by Gasteiger charge is 2.38. The van der Waals surface area contributed by atoms with E-state index in [2.05, 4.69) is 92.1 Å². The number of nitrogens with zero attached hydrogens (tertiary/aromatic N) is 4. The van der Waals surface area contributed by atoms with Gasteiger partial charge in [0.2, 0.25) is 0 Å². The number of benzene rings is 2. The highest BCUT2D eigenvalue weighted by atomic mass is 16.3. The molecule has 2 aliphatic heterocycles. The summed E-state index contributed by atoms with van der Waals surface area (Å²) in [7, 11) is 4.34. The Morgan fingerprint density at radius 3 is 2.39 bits per heavy atom. The molecule has 2 aliphatic rings. The minimum atomic E-state index is -0.0404. The predicted octanol–water partition coefficient (Wildman–Crippen LogP) is 6.08. The molecule has 0 bridgehead atoms. The number of likely N-dealkylation sites (tertiary alicyclic amines) is 1. The van der Waals surface area contributed by atoms with Crippen molar-refractivity contribution in [2.45, 2.75) is 90.0 Å². The molecule has 0 spiro atoms. The van der Waals surface area contributed by atoms with Gasteiger partial charge in [0, 0.05) is 67.5 Å². The molecule has 5 rings (SSSR count). The molecule has 0 saturated carbocycles. The van der Waals surface area contributed by atoms with Crippen LogP contribution in [-0.2, 0) is 18.5 Å². The predicted molar refractivity (Wildman–Crippen MR) is 170 cm³/mol. The third kappa shape index (κ3) is 6.46. The molecule has 1 unspecified atom stereocenters. The monoisotopic (exact) mass is 557 g/mol. The first-order chi connectivity index (χ1) is 19.7. The van der Waals surface area contributed by atoms with E-state index >= 15 is 0 Å². The van der Waals surface area contributed by atoms with E-state index in [1.165, 1.54) is 40.6 Å². The maximum atomic E-state index is 10.1. The average Bonchev–Trinajstić information content (AvgIpc) is 2.95. The van der Waals surface area contributed by atoms with Gasteiger partial charge in [0.1, 0.15) is 5.75 Å². The van der Waals surface area contributed by atoms with E-state index in [1.807, 2.05) is 12.1 Å². The van der Waals surface area contributed by atoms with E-state index in [1.54, 1.807) is 6.07 Å². The Labute approximate surface area is 247 Å². The Morgan fingerprint density at radius 1 is 1.02 bits per heavy atom. The van der Waals surface area contributed by atoms with Gasteiger partial charge in [0.05, 0.1) is 5.52 Å². The van der Waals surface area contributed by atoms with E-state index in [4.69, 9.17) is 4.98 Å². The average molecular weight is 558 g/mol. The van der Waals surface area contributed by atoms with E-state index in [0.717, 1.165) is 57.5 Å². The minimum Gasteiger partial charge on any atom is -0.508 e. The molecule has 2 fully saturated rings. The summed E-state index contributed by atoms with van der Waals surface area (Å²) < 4.78 is 0. The zero-order valence-corrected chi connectivity index (χ0v) is 26.2. The summed E-state index contributed by atoms with van der Waals surface area (Å²) in [4.78, 5) is 12.9. The van der Waals surface area contributed by atoms with Crippen LogP contribution in [0.1, 0.15) is 81.8 Å². The number of rotatable bonds is 9. The van der Waals surface area contributed by atoms with Crippen LogP contribution in [0, 0.1) is 0 Å². The van der Waals surface area contributed by atoms with Crippen LogP contribution in [0.3, 0.4) is 0 Å². The number of aromatic hydroxyl groups is 1. The number of piperazine rings is 1. The van der Waals surface area contributed by atoms with Crippen molar-refractivity contribution in [2.75, 3.05) is 40.3 Å². The molecule has 2 aromatic carbocycles. The maximum absolute atomic E-state index is 10.1. The lowest BCUT2D eigenvalue weighted by molar-refractivity contribution is 0.0506. The fraction of sp³-hybridized carbons (Fsp3) is 0.571. The molecular weight excluding hydrogens is 506 g/mol. The van der Waals surface area contributed by atoms with Crippen LogP contribution in [0.4, 0.5) is 0 Å².